The van der Waals surface area contributed by atoms with Crippen LogP contribution in [-0.4, -0.2) is 65.3 Å². The number of ether oxygens (including phenoxy) is 1. The fourth-order valence-corrected chi connectivity index (χ4v) is 2.61. The molecule has 7 N–H and O–H groups in total. The second kappa shape index (κ2) is 9.22. The number of carboxylic acids is 1. The van der Waals surface area contributed by atoms with Crippen LogP contribution in [0.4, 0.5) is 0 Å². The number of phosphoric ester groups is 1. The highest BCUT2D eigenvalue weighted by atomic mass is 31.2. The number of carbonyl (C=O) groups excluding carboxylic acids is 2. The van der Waals surface area contributed by atoms with Crippen molar-refractivity contribution in [3.8, 4) is 0 Å². The van der Waals surface area contributed by atoms with Crippen molar-refractivity contribution in [1.29, 1.82) is 0 Å². The SMILES string of the molecule is C[C@@H](OC(=O)[C@@H]1CCCN1)[C@H](N)C(=O)OP(=O)(O)OC[C@H](N)C(=O)O. The van der Waals surface area contributed by atoms with Crippen LogP contribution in [-0.2, 0) is 32.7 Å². The van der Waals surface area contributed by atoms with Gasteiger partial charge in [0.1, 0.15) is 24.2 Å². The molecule has 1 heterocycles. The molecule has 5 atom stereocenters. The summed E-state index contributed by atoms with van der Waals surface area (Å²) in [5, 5.41) is 11.4. The minimum Gasteiger partial charge on any atom is -0.480 e. The minimum atomic E-state index is -4.92. The van der Waals surface area contributed by atoms with Crippen molar-refractivity contribution in [3.05, 3.63) is 0 Å². The molecule has 25 heavy (non-hydrogen) atoms. The highest BCUT2D eigenvalue weighted by Crippen LogP contribution is 2.43. The zero-order valence-corrected chi connectivity index (χ0v) is 14.4. The molecule has 13 heteroatoms. The Morgan fingerprint density at radius 1 is 1.36 bits per heavy atom. The zero-order chi connectivity index (χ0) is 19.2. The maximum absolute atomic E-state index is 11.8. The van der Waals surface area contributed by atoms with Crippen LogP contribution < -0.4 is 16.8 Å². The highest BCUT2D eigenvalue weighted by molar-refractivity contribution is 7.48. The van der Waals surface area contributed by atoms with Gasteiger partial charge in [-0.15, -0.1) is 0 Å². The molecule has 0 aromatic heterocycles. The third-order valence-corrected chi connectivity index (χ3v) is 4.25. The van der Waals surface area contributed by atoms with E-state index in [1.165, 1.54) is 6.92 Å². The molecule has 0 saturated carbocycles. The number of carbonyl (C=O) groups is 3. The van der Waals surface area contributed by atoms with E-state index in [1.807, 2.05) is 0 Å². The smallest absolute Gasteiger partial charge is 0.480 e. The summed E-state index contributed by atoms with van der Waals surface area (Å²) in [6.45, 7) is 1.14. The van der Waals surface area contributed by atoms with Crippen LogP contribution in [0.1, 0.15) is 19.8 Å². The number of nitrogens with one attached hydrogen (secondary N) is 1. The van der Waals surface area contributed by atoms with Crippen LogP contribution in [0.25, 0.3) is 0 Å². The summed E-state index contributed by atoms with van der Waals surface area (Å²) in [7, 11) is -4.92. The van der Waals surface area contributed by atoms with Crippen molar-refractivity contribution in [1.82, 2.24) is 5.32 Å². The van der Waals surface area contributed by atoms with Crippen LogP contribution in [0.3, 0.4) is 0 Å². The van der Waals surface area contributed by atoms with Crippen molar-refractivity contribution in [2.24, 2.45) is 11.5 Å². The molecule has 12 nitrogen and oxygen atoms in total. The maximum atomic E-state index is 11.8. The normalized spacial score (nSPS) is 23.1. The van der Waals surface area contributed by atoms with E-state index in [1.54, 1.807) is 0 Å². The Kier molecular flexibility index (Phi) is 7.93. The lowest BCUT2D eigenvalue weighted by Gasteiger charge is -2.22. The summed E-state index contributed by atoms with van der Waals surface area (Å²) < 4.78 is 25.1. The van der Waals surface area contributed by atoms with Gasteiger partial charge in [0.25, 0.3) is 0 Å². The molecule has 1 aliphatic rings. The van der Waals surface area contributed by atoms with Gasteiger partial charge >= 0.3 is 25.7 Å². The van der Waals surface area contributed by atoms with Gasteiger partial charge in [0.15, 0.2) is 0 Å². The number of hydrogen-bond acceptors (Lipinski definition) is 10. The number of phosphoric acid groups is 1. The molecule has 144 valence electrons. The van der Waals surface area contributed by atoms with E-state index in [2.05, 4.69) is 14.4 Å². The van der Waals surface area contributed by atoms with Crippen molar-refractivity contribution >= 4 is 25.7 Å². The monoisotopic (exact) mass is 383 g/mol. The average Bonchev–Trinajstić information content (AvgIpc) is 3.05. The Morgan fingerprint density at radius 3 is 2.52 bits per heavy atom. The largest absolute Gasteiger partial charge is 0.529 e. The molecule has 1 saturated heterocycles. The van der Waals surface area contributed by atoms with Gasteiger partial charge in [-0.05, 0) is 26.3 Å². The lowest BCUT2D eigenvalue weighted by molar-refractivity contribution is -0.154. The van der Waals surface area contributed by atoms with Crippen LogP contribution >= 0.6 is 7.82 Å². The molecule has 1 unspecified atom stereocenters. The Hall–Kier alpha value is -1.56. The molecular weight excluding hydrogens is 361 g/mol. The number of carboxylic acid groups (broad SMARTS) is 1. The van der Waals surface area contributed by atoms with Crippen LogP contribution in [0.15, 0.2) is 0 Å². The molecule has 0 radical (unpaired) electrons. The summed E-state index contributed by atoms with van der Waals surface area (Å²) in [5.74, 6) is -3.41. The minimum absolute atomic E-state index is 0.490. The number of rotatable bonds is 9. The molecule has 1 fully saturated rings. The molecule has 1 rings (SSSR count). The van der Waals surface area contributed by atoms with E-state index in [4.69, 9.17) is 21.3 Å². The van der Waals surface area contributed by atoms with E-state index < -0.39 is 56.6 Å². The second-order valence-electron chi connectivity index (χ2n) is 5.44. The van der Waals surface area contributed by atoms with Crippen LogP contribution in [0, 0.1) is 0 Å². The molecule has 0 aromatic rings. The van der Waals surface area contributed by atoms with Crippen LogP contribution in [0.5, 0.6) is 0 Å². The Bertz CT molecular complexity index is 552. The van der Waals surface area contributed by atoms with Crippen LogP contribution in [0.2, 0.25) is 0 Å². The summed E-state index contributed by atoms with van der Waals surface area (Å²) >= 11 is 0. The van der Waals surface area contributed by atoms with Crippen molar-refractivity contribution in [2.45, 2.75) is 44.0 Å². The Morgan fingerprint density at radius 2 is 2.00 bits per heavy atom. The molecule has 0 aliphatic carbocycles. The highest BCUT2D eigenvalue weighted by Gasteiger charge is 2.35. The predicted molar refractivity (Wildman–Crippen MR) is 82.0 cm³/mol. The third kappa shape index (κ3) is 7.06. The van der Waals surface area contributed by atoms with Gasteiger partial charge < -0.3 is 31.2 Å². The average molecular weight is 383 g/mol. The summed E-state index contributed by atoms with van der Waals surface area (Å²) in [6.07, 6.45) is 0.282. The number of nitrogens with two attached hydrogens (primary N) is 2. The summed E-state index contributed by atoms with van der Waals surface area (Å²) in [5.41, 5.74) is 10.6. The van der Waals surface area contributed by atoms with Crippen molar-refractivity contribution in [3.63, 3.8) is 0 Å². The number of hydrogen-bond donors (Lipinski definition) is 5. The van der Waals surface area contributed by atoms with E-state index in [0.29, 0.717) is 13.0 Å². The predicted octanol–water partition coefficient (Wildman–Crippen LogP) is -1.93. The van der Waals surface area contributed by atoms with Gasteiger partial charge in [0.2, 0.25) is 0 Å². The maximum Gasteiger partial charge on any atom is 0.529 e. The first-order valence-corrected chi connectivity index (χ1v) is 8.91. The van der Waals surface area contributed by atoms with Gasteiger partial charge in [0.05, 0.1) is 6.61 Å². The van der Waals surface area contributed by atoms with E-state index in [9.17, 15) is 23.8 Å². The number of aliphatic carboxylic acids is 1. The fraction of sp³-hybridized carbons (Fsp3) is 0.750. The fourth-order valence-electron chi connectivity index (χ4n) is 1.86. The number of esters is 1. The zero-order valence-electron chi connectivity index (χ0n) is 13.5. The third-order valence-electron chi connectivity index (χ3n) is 3.36. The first-order valence-electron chi connectivity index (χ1n) is 7.42. The molecule has 1 aliphatic heterocycles. The molecule has 0 aromatic carbocycles. The molecular formula is C12H22N3O9P. The van der Waals surface area contributed by atoms with Crippen molar-refractivity contribution in [2.75, 3.05) is 13.2 Å². The molecule has 0 bridgehead atoms. The Balaban J connectivity index is 2.49. The van der Waals surface area contributed by atoms with Gasteiger partial charge in [-0.1, -0.05) is 0 Å². The molecule has 0 spiro atoms. The first kappa shape index (κ1) is 21.5. The molecule has 0 amide bonds. The Labute approximate surface area is 143 Å². The lowest BCUT2D eigenvalue weighted by Crippen LogP contribution is -2.45. The topological polar surface area (TPSA) is 200 Å². The second-order valence-corrected chi connectivity index (χ2v) is 6.81. The van der Waals surface area contributed by atoms with Gasteiger partial charge in [-0.25, -0.2) is 9.36 Å². The van der Waals surface area contributed by atoms with E-state index in [0.717, 1.165) is 6.42 Å². The standard InChI is InChI=1S/C12H22N3O9P/c1-6(23-11(18)8-3-2-4-15-8)9(14)12(19)24-25(20,21)22-5-7(13)10(16)17/h6-9,15H,2-5,13-14H2,1H3,(H,16,17)(H,20,21)/t6-,7+,8+,9+/m1/s1. The quantitative estimate of drug-likeness (QED) is 0.218. The summed E-state index contributed by atoms with van der Waals surface area (Å²) in [4.78, 5) is 43.4. The van der Waals surface area contributed by atoms with Gasteiger partial charge in [0, 0.05) is 0 Å². The van der Waals surface area contributed by atoms with Gasteiger partial charge in [-0.3, -0.25) is 19.0 Å². The van der Waals surface area contributed by atoms with E-state index >= 15 is 0 Å². The van der Waals surface area contributed by atoms with Gasteiger partial charge in [-0.2, -0.15) is 0 Å². The summed E-state index contributed by atoms with van der Waals surface area (Å²) in [6, 6.07) is -3.61. The van der Waals surface area contributed by atoms with E-state index in [-0.39, 0.29) is 0 Å². The van der Waals surface area contributed by atoms with Crippen molar-refractivity contribution < 1.29 is 42.7 Å². The lowest BCUT2D eigenvalue weighted by atomic mass is 10.2. The first-order chi connectivity index (χ1) is 11.5.